The molecule has 0 spiro atoms. The van der Waals surface area contributed by atoms with Crippen molar-refractivity contribution < 1.29 is 13.9 Å². The number of carbonyl (C=O) groups is 1. The van der Waals surface area contributed by atoms with Crippen molar-refractivity contribution in [2.75, 3.05) is 11.9 Å². The Kier molecular flexibility index (Phi) is 5.20. The molecule has 160 valence electrons. The van der Waals surface area contributed by atoms with E-state index < -0.39 is 0 Å². The summed E-state index contributed by atoms with van der Waals surface area (Å²) < 4.78 is 12.8. The van der Waals surface area contributed by atoms with Crippen LogP contribution in [0.3, 0.4) is 0 Å². The number of nitrogens with zero attached hydrogens (tertiary/aromatic N) is 3. The van der Waals surface area contributed by atoms with Crippen LogP contribution in [0, 0.1) is 6.92 Å². The van der Waals surface area contributed by atoms with Gasteiger partial charge in [0.2, 0.25) is 5.13 Å². The molecular weight excluding hydrogens is 424 g/mol. The summed E-state index contributed by atoms with van der Waals surface area (Å²) in [6.45, 7) is 4.45. The Morgan fingerprint density at radius 2 is 1.97 bits per heavy atom. The van der Waals surface area contributed by atoms with Crippen LogP contribution in [0.5, 0.6) is 5.75 Å². The van der Waals surface area contributed by atoms with Crippen molar-refractivity contribution in [3.05, 3.63) is 77.5 Å². The normalized spacial score (nSPS) is 11.1. The minimum atomic E-state index is -0.342. The van der Waals surface area contributed by atoms with Gasteiger partial charge >= 0.3 is 0 Å². The van der Waals surface area contributed by atoms with Gasteiger partial charge in [0, 0.05) is 22.4 Å². The minimum Gasteiger partial charge on any atom is -0.494 e. The first-order chi connectivity index (χ1) is 15.6. The largest absolute Gasteiger partial charge is 0.494 e. The van der Waals surface area contributed by atoms with Crippen LogP contribution < -0.4 is 10.1 Å². The molecule has 8 heteroatoms. The minimum absolute atomic E-state index is 0.241. The number of anilines is 1. The highest BCUT2D eigenvalue weighted by Gasteiger charge is 2.18. The van der Waals surface area contributed by atoms with Crippen LogP contribution in [0.25, 0.3) is 27.4 Å². The molecule has 32 heavy (non-hydrogen) atoms. The molecule has 1 amide bonds. The molecule has 0 unspecified atom stereocenters. The molecule has 0 aliphatic heterocycles. The second-order valence-corrected chi connectivity index (χ2v) is 7.99. The molecule has 0 aliphatic carbocycles. The Labute approximate surface area is 188 Å². The Morgan fingerprint density at radius 3 is 2.75 bits per heavy atom. The predicted molar refractivity (Wildman–Crippen MR) is 125 cm³/mol. The smallest absolute Gasteiger partial charge is 0.292 e. The highest BCUT2D eigenvalue weighted by molar-refractivity contribution is 7.12. The number of aromatic nitrogens is 3. The summed E-state index contributed by atoms with van der Waals surface area (Å²) in [5.41, 5.74) is 3.24. The fraction of sp³-hybridized carbons (Fsp3) is 0.125. The van der Waals surface area contributed by atoms with E-state index in [1.807, 2.05) is 67.8 Å². The molecule has 2 aromatic carbocycles. The summed E-state index contributed by atoms with van der Waals surface area (Å²) in [4.78, 5) is 17.5. The SMILES string of the molecule is CCOc1ccc(-c2csc(-n3nc(C)cc3NC(=O)c3cc4ccccc4o3)n2)cc1. The predicted octanol–water partition coefficient (Wildman–Crippen LogP) is 5.70. The average molecular weight is 445 g/mol. The van der Waals surface area contributed by atoms with E-state index in [9.17, 15) is 4.79 Å². The van der Waals surface area contributed by atoms with Crippen LogP contribution in [0.1, 0.15) is 23.2 Å². The fourth-order valence-electron chi connectivity index (χ4n) is 3.39. The van der Waals surface area contributed by atoms with Gasteiger partial charge in [0.25, 0.3) is 5.91 Å². The molecule has 0 radical (unpaired) electrons. The summed E-state index contributed by atoms with van der Waals surface area (Å²) in [5, 5.41) is 10.9. The number of amides is 1. The van der Waals surface area contributed by atoms with Gasteiger partial charge in [0.1, 0.15) is 17.2 Å². The molecule has 0 saturated heterocycles. The van der Waals surface area contributed by atoms with Crippen LogP contribution >= 0.6 is 11.3 Å². The number of benzene rings is 2. The lowest BCUT2D eigenvalue weighted by molar-refractivity contribution is 0.0998. The zero-order valence-electron chi connectivity index (χ0n) is 17.5. The van der Waals surface area contributed by atoms with Crippen LogP contribution in [0.2, 0.25) is 0 Å². The highest BCUT2D eigenvalue weighted by Crippen LogP contribution is 2.28. The summed E-state index contributed by atoms with van der Waals surface area (Å²) in [6, 6.07) is 18.8. The van der Waals surface area contributed by atoms with E-state index in [0.717, 1.165) is 28.1 Å². The zero-order chi connectivity index (χ0) is 22.1. The second kappa shape index (κ2) is 8.32. The maximum absolute atomic E-state index is 12.8. The lowest BCUT2D eigenvalue weighted by Gasteiger charge is -2.05. The maximum atomic E-state index is 12.8. The van der Waals surface area contributed by atoms with Gasteiger partial charge in [-0.3, -0.25) is 4.79 Å². The van der Waals surface area contributed by atoms with Gasteiger partial charge in [0.15, 0.2) is 5.76 Å². The van der Waals surface area contributed by atoms with E-state index in [0.29, 0.717) is 23.1 Å². The Bertz CT molecular complexity index is 1370. The van der Waals surface area contributed by atoms with Gasteiger partial charge in [0.05, 0.1) is 18.0 Å². The van der Waals surface area contributed by atoms with Crippen LogP contribution in [-0.2, 0) is 0 Å². The molecule has 0 bridgehead atoms. The number of fused-ring (bicyclic) bond motifs is 1. The Morgan fingerprint density at radius 1 is 1.16 bits per heavy atom. The number of carbonyl (C=O) groups excluding carboxylic acids is 1. The Hall–Kier alpha value is -3.91. The molecule has 1 N–H and O–H groups in total. The molecular formula is C24H20N4O3S. The molecule has 3 heterocycles. The fourth-order valence-corrected chi connectivity index (χ4v) is 4.18. The van der Waals surface area contributed by atoms with Crippen molar-refractivity contribution in [3.8, 4) is 22.1 Å². The molecule has 0 aliphatic rings. The molecule has 7 nitrogen and oxygen atoms in total. The van der Waals surface area contributed by atoms with Crippen LogP contribution in [0.15, 0.2) is 70.5 Å². The number of ether oxygens (including phenoxy) is 1. The first-order valence-corrected chi connectivity index (χ1v) is 11.0. The molecule has 5 rings (SSSR count). The summed E-state index contributed by atoms with van der Waals surface area (Å²) >= 11 is 1.45. The Balaban J connectivity index is 1.40. The third kappa shape index (κ3) is 3.88. The lowest BCUT2D eigenvalue weighted by Crippen LogP contribution is -2.14. The summed E-state index contributed by atoms with van der Waals surface area (Å²) in [6.07, 6.45) is 0. The highest BCUT2D eigenvalue weighted by atomic mass is 32.1. The first-order valence-electron chi connectivity index (χ1n) is 10.2. The summed E-state index contributed by atoms with van der Waals surface area (Å²) in [5.74, 6) is 1.25. The van der Waals surface area contributed by atoms with Crippen molar-refractivity contribution in [3.63, 3.8) is 0 Å². The lowest BCUT2D eigenvalue weighted by atomic mass is 10.2. The molecule has 0 fully saturated rings. The van der Waals surface area contributed by atoms with Gasteiger partial charge in [-0.25, -0.2) is 4.98 Å². The van der Waals surface area contributed by atoms with E-state index in [1.54, 1.807) is 16.8 Å². The second-order valence-electron chi connectivity index (χ2n) is 7.16. The average Bonchev–Trinajstić information content (AvgIpc) is 3.52. The van der Waals surface area contributed by atoms with E-state index in [1.165, 1.54) is 11.3 Å². The van der Waals surface area contributed by atoms with Crippen LogP contribution in [-0.4, -0.2) is 27.3 Å². The van der Waals surface area contributed by atoms with Crippen molar-refractivity contribution in [1.29, 1.82) is 0 Å². The van der Waals surface area contributed by atoms with Gasteiger partial charge in [-0.05, 0) is 50.2 Å². The number of thiazole rings is 1. The monoisotopic (exact) mass is 444 g/mol. The van der Waals surface area contributed by atoms with Gasteiger partial charge < -0.3 is 14.5 Å². The first kappa shape index (κ1) is 20.0. The van der Waals surface area contributed by atoms with E-state index in [4.69, 9.17) is 14.1 Å². The molecule has 0 atom stereocenters. The number of para-hydroxylation sites is 1. The maximum Gasteiger partial charge on any atom is 0.292 e. The zero-order valence-corrected chi connectivity index (χ0v) is 18.3. The van der Waals surface area contributed by atoms with E-state index >= 15 is 0 Å². The number of hydrogen-bond acceptors (Lipinski definition) is 6. The van der Waals surface area contributed by atoms with Gasteiger partial charge in [-0.1, -0.05) is 18.2 Å². The number of rotatable bonds is 6. The van der Waals surface area contributed by atoms with Gasteiger partial charge in [-0.15, -0.1) is 11.3 Å². The van der Waals surface area contributed by atoms with Crippen LogP contribution in [0.4, 0.5) is 5.82 Å². The van der Waals surface area contributed by atoms with E-state index in [-0.39, 0.29) is 11.7 Å². The van der Waals surface area contributed by atoms with Crippen molar-refractivity contribution in [2.45, 2.75) is 13.8 Å². The van der Waals surface area contributed by atoms with Crippen molar-refractivity contribution in [1.82, 2.24) is 14.8 Å². The van der Waals surface area contributed by atoms with E-state index in [2.05, 4.69) is 10.4 Å². The van der Waals surface area contributed by atoms with Crippen molar-refractivity contribution in [2.24, 2.45) is 0 Å². The molecule has 0 saturated carbocycles. The number of furan rings is 1. The van der Waals surface area contributed by atoms with Crippen molar-refractivity contribution >= 4 is 34.0 Å². The standard InChI is InChI=1S/C24H20N4O3S/c1-3-30-18-10-8-16(9-11-18)19-14-32-24(25-19)28-22(12-15(2)27-28)26-23(29)21-13-17-6-4-5-7-20(17)31-21/h4-14H,3H2,1-2H3,(H,26,29). The number of aryl methyl sites for hydroxylation is 1. The molecule has 5 aromatic rings. The third-order valence-electron chi connectivity index (χ3n) is 4.86. The molecule has 3 aromatic heterocycles. The topological polar surface area (TPSA) is 82.2 Å². The van der Waals surface area contributed by atoms with Gasteiger partial charge in [-0.2, -0.15) is 9.78 Å². The third-order valence-corrected chi connectivity index (χ3v) is 5.67. The summed E-state index contributed by atoms with van der Waals surface area (Å²) in [7, 11) is 0. The number of nitrogens with one attached hydrogen (secondary N) is 1. The number of hydrogen-bond donors (Lipinski definition) is 1. The quantitative estimate of drug-likeness (QED) is 0.363.